The number of benzene rings is 1. The molecule has 1 aromatic rings. The third-order valence-corrected chi connectivity index (χ3v) is 5.12. The number of rotatable bonds is 4. The smallest absolute Gasteiger partial charge is 0.179 e. The fraction of sp³-hybridized carbons (Fsp3) is 0.632. The van der Waals surface area contributed by atoms with Crippen LogP contribution in [-0.2, 0) is 12.8 Å². The highest BCUT2D eigenvalue weighted by Gasteiger charge is 2.21. The molecular formula is C19H27NO. The van der Waals surface area contributed by atoms with Crippen molar-refractivity contribution in [1.82, 2.24) is 5.32 Å². The lowest BCUT2D eigenvalue weighted by atomic mass is 9.89. The van der Waals surface area contributed by atoms with Gasteiger partial charge in [-0.1, -0.05) is 31.4 Å². The molecule has 114 valence electrons. The number of hydrogen-bond donors (Lipinski definition) is 1. The van der Waals surface area contributed by atoms with Gasteiger partial charge in [-0.15, -0.1) is 0 Å². The van der Waals surface area contributed by atoms with Crippen molar-refractivity contribution in [2.75, 3.05) is 0 Å². The highest BCUT2D eigenvalue weighted by atomic mass is 16.1. The van der Waals surface area contributed by atoms with Crippen molar-refractivity contribution < 1.29 is 4.79 Å². The number of hydrogen-bond acceptors (Lipinski definition) is 2. The first-order valence-electron chi connectivity index (χ1n) is 8.66. The predicted molar refractivity (Wildman–Crippen MR) is 86.9 cm³/mol. The van der Waals surface area contributed by atoms with Crippen molar-refractivity contribution in [2.24, 2.45) is 0 Å². The minimum atomic E-state index is -0.0604. The Kier molecular flexibility index (Phi) is 4.74. The summed E-state index contributed by atoms with van der Waals surface area (Å²) in [5.41, 5.74) is 3.74. The van der Waals surface area contributed by atoms with Crippen LogP contribution in [0, 0.1) is 0 Å². The minimum Gasteiger partial charge on any atom is -0.305 e. The molecule has 1 atom stereocenters. The van der Waals surface area contributed by atoms with E-state index in [0.29, 0.717) is 6.04 Å². The molecule has 2 aliphatic carbocycles. The van der Waals surface area contributed by atoms with E-state index in [0.717, 1.165) is 12.0 Å². The largest absolute Gasteiger partial charge is 0.305 e. The molecule has 0 radical (unpaired) electrons. The first-order valence-corrected chi connectivity index (χ1v) is 8.66. The average molecular weight is 285 g/mol. The molecule has 0 aromatic heterocycles. The molecule has 0 bridgehead atoms. The minimum absolute atomic E-state index is 0.0604. The zero-order valence-corrected chi connectivity index (χ0v) is 13.2. The van der Waals surface area contributed by atoms with Gasteiger partial charge in [0.2, 0.25) is 0 Å². The summed E-state index contributed by atoms with van der Waals surface area (Å²) in [5, 5.41) is 3.55. The SMILES string of the molecule is CC(NC1CCCCC1)C(=O)c1ccc2c(c1)CCCC2. The van der Waals surface area contributed by atoms with E-state index < -0.39 is 0 Å². The molecule has 1 fully saturated rings. The van der Waals surface area contributed by atoms with E-state index in [2.05, 4.69) is 17.4 Å². The summed E-state index contributed by atoms with van der Waals surface area (Å²) in [6.45, 7) is 2.02. The third kappa shape index (κ3) is 3.55. The summed E-state index contributed by atoms with van der Waals surface area (Å²) in [6.07, 6.45) is 11.3. The second-order valence-corrected chi connectivity index (χ2v) is 6.78. The average Bonchev–Trinajstić information content (AvgIpc) is 2.54. The summed E-state index contributed by atoms with van der Waals surface area (Å²) in [6, 6.07) is 6.83. The van der Waals surface area contributed by atoms with Gasteiger partial charge < -0.3 is 5.32 Å². The van der Waals surface area contributed by atoms with Crippen LogP contribution >= 0.6 is 0 Å². The maximum atomic E-state index is 12.6. The normalized spacial score (nSPS) is 20.8. The Balaban J connectivity index is 1.66. The Morgan fingerprint density at radius 3 is 2.52 bits per heavy atom. The highest BCUT2D eigenvalue weighted by molar-refractivity contribution is 6.00. The molecule has 2 aliphatic rings. The van der Waals surface area contributed by atoms with E-state index >= 15 is 0 Å². The lowest BCUT2D eigenvalue weighted by Crippen LogP contribution is -2.42. The summed E-state index contributed by atoms with van der Waals surface area (Å²) >= 11 is 0. The number of aryl methyl sites for hydroxylation is 2. The first kappa shape index (κ1) is 14.8. The van der Waals surface area contributed by atoms with Gasteiger partial charge in [-0.3, -0.25) is 4.79 Å². The Labute approximate surface area is 128 Å². The maximum Gasteiger partial charge on any atom is 0.179 e. The summed E-state index contributed by atoms with van der Waals surface area (Å²) in [4.78, 5) is 12.6. The van der Waals surface area contributed by atoms with Crippen LogP contribution in [0.2, 0.25) is 0 Å². The van der Waals surface area contributed by atoms with Crippen LogP contribution in [0.1, 0.15) is 73.4 Å². The predicted octanol–water partition coefficient (Wildman–Crippen LogP) is 4.06. The molecular weight excluding hydrogens is 258 g/mol. The zero-order chi connectivity index (χ0) is 14.7. The lowest BCUT2D eigenvalue weighted by molar-refractivity contribution is 0.0940. The third-order valence-electron chi connectivity index (χ3n) is 5.12. The van der Waals surface area contributed by atoms with Crippen LogP contribution < -0.4 is 5.32 Å². The van der Waals surface area contributed by atoms with E-state index in [-0.39, 0.29) is 11.8 Å². The molecule has 2 heteroatoms. The van der Waals surface area contributed by atoms with E-state index in [1.165, 1.54) is 62.5 Å². The molecule has 0 aliphatic heterocycles. The Morgan fingerprint density at radius 1 is 1.05 bits per heavy atom. The molecule has 0 spiro atoms. The number of nitrogens with one attached hydrogen (secondary N) is 1. The quantitative estimate of drug-likeness (QED) is 0.845. The Hall–Kier alpha value is -1.15. The van der Waals surface area contributed by atoms with Crippen molar-refractivity contribution in [1.29, 1.82) is 0 Å². The summed E-state index contributed by atoms with van der Waals surface area (Å²) in [7, 11) is 0. The number of carbonyl (C=O) groups is 1. The number of carbonyl (C=O) groups excluding carboxylic acids is 1. The molecule has 0 heterocycles. The van der Waals surface area contributed by atoms with Gasteiger partial charge in [0.25, 0.3) is 0 Å². The molecule has 1 N–H and O–H groups in total. The zero-order valence-electron chi connectivity index (χ0n) is 13.2. The number of fused-ring (bicyclic) bond motifs is 1. The van der Waals surface area contributed by atoms with Crippen molar-refractivity contribution in [2.45, 2.75) is 76.8 Å². The Morgan fingerprint density at radius 2 is 1.76 bits per heavy atom. The fourth-order valence-electron chi connectivity index (χ4n) is 3.84. The highest BCUT2D eigenvalue weighted by Crippen LogP contribution is 2.23. The van der Waals surface area contributed by atoms with E-state index in [9.17, 15) is 4.79 Å². The Bertz CT molecular complexity index is 502. The van der Waals surface area contributed by atoms with E-state index in [4.69, 9.17) is 0 Å². The van der Waals surface area contributed by atoms with Crippen molar-refractivity contribution in [3.8, 4) is 0 Å². The molecule has 21 heavy (non-hydrogen) atoms. The van der Waals surface area contributed by atoms with Gasteiger partial charge >= 0.3 is 0 Å². The molecule has 1 unspecified atom stereocenters. The molecule has 3 rings (SSSR count). The van der Waals surface area contributed by atoms with Gasteiger partial charge in [-0.25, -0.2) is 0 Å². The van der Waals surface area contributed by atoms with Crippen molar-refractivity contribution in [3.63, 3.8) is 0 Å². The number of Topliss-reactive ketones (excluding diaryl/α,β-unsaturated/α-hetero) is 1. The first-order chi connectivity index (χ1) is 10.2. The van der Waals surface area contributed by atoms with Gasteiger partial charge in [-0.05, 0) is 62.6 Å². The van der Waals surface area contributed by atoms with Gasteiger partial charge in [0, 0.05) is 11.6 Å². The second kappa shape index (κ2) is 6.74. The standard InChI is InChI=1S/C19H27NO/c1-14(20-18-9-3-2-4-10-18)19(21)17-12-11-15-7-5-6-8-16(15)13-17/h11-14,18,20H,2-10H2,1H3. The van der Waals surface area contributed by atoms with Gasteiger partial charge in [-0.2, -0.15) is 0 Å². The molecule has 1 aromatic carbocycles. The summed E-state index contributed by atoms with van der Waals surface area (Å²) in [5.74, 6) is 0.258. The lowest BCUT2D eigenvalue weighted by Gasteiger charge is -2.26. The van der Waals surface area contributed by atoms with Crippen LogP contribution in [0.15, 0.2) is 18.2 Å². The maximum absolute atomic E-state index is 12.6. The van der Waals surface area contributed by atoms with Crippen LogP contribution in [0.3, 0.4) is 0 Å². The number of ketones is 1. The van der Waals surface area contributed by atoms with E-state index in [1.54, 1.807) is 0 Å². The monoisotopic (exact) mass is 285 g/mol. The molecule has 0 saturated heterocycles. The van der Waals surface area contributed by atoms with Crippen molar-refractivity contribution >= 4 is 5.78 Å². The molecule has 0 amide bonds. The van der Waals surface area contributed by atoms with Gasteiger partial charge in [0.15, 0.2) is 5.78 Å². The fourth-order valence-corrected chi connectivity index (χ4v) is 3.84. The molecule has 2 nitrogen and oxygen atoms in total. The van der Waals surface area contributed by atoms with Crippen LogP contribution in [0.25, 0.3) is 0 Å². The molecule has 1 saturated carbocycles. The second-order valence-electron chi connectivity index (χ2n) is 6.78. The topological polar surface area (TPSA) is 29.1 Å². The van der Waals surface area contributed by atoms with Crippen LogP contribution in [-0.4, -0.2) is 17.9 Å². The van der Waals surface area contributed by atoms with Gasteiger partial charge in [0.1, 0.15) is 0 Å². The van der Waals surface area contributed by atoms with Gasteiger partial charge in [0.05, 0.1) is 6.04 Å². The van der Waals surface area contributed by atoms with Crippen molar-refractivity contribution in [3.05, 3.63) is 34.9 Å². The van der Waals surface area contributed by atoms with Crippen LogP contribution in [0.4, 0.5) is 0 Å². The van der Waals surface area contributed by atoms with Crippen LogP contribution in [0.5, 0.6) is 0 Å². The van der Waals surface area contributed by atoms with E-state index in [1.807, 2.05) is 13.0 Å². The summed E-state index contributed by atoms with van der Waals surface area (Å²) < 4.78 is 0.